The van der Waals surface area contributed by atoms with E-state index >= 15 is 0 Å². The minimum absolute atomic E-state index is 0.0102. The van der Waals surface area contributed by atoms with Crippen LogP contribution in [0.2, 0.25) is 18.1 Å². The molecule has 240 valence electrons. The number of hydrogen-bond donors (Lipinski definition) is 3. The Hall–Kier alpha value is -2.55. The minimum Gasteiger partial charge on any atom is -0.447 e. The van der Waals surface area contributed by atoms with E-state index in [1.54, 1.807) is 0 Å². The fraction of sp³-hybridized carbons (Fsp3) is 0.714. The van der Waals surface area contributed by atoms with Crippen LogP contribution in [-0.4, -0.2) is 77.5 Å². The second-order valence-corrected chi connectivity index (χ2v) is 18.0. The average Bonchev–Trinajstić information content (AvgIpc) is 3.21. The molecule has 0 radical (unpaired) electrons. The van der Waals surface area contributed by atoms with Crippen molar-refractivity contribution in [2.24, 2.45) is 5.92 Å². The zero-order chi connectivity index (χ0) is 32.5. The summed E-state index contributed by atoms with van der Waals surface area (Å²) in [6.45, 7) is 15.5. The van der Waals surface area contributed by atoms with Gasteiger partial charge in [-0.1, -0.05) is 19.8 Å². The average molecular weight is 640 g/mol. The number of rotatable bonds is 15. The van der Waals surface area contributed by atoms with Crippen LogP contribution in [0.25, 0.3) is 0 Å². The second kappa shape index (κ2) is 16.0. The van der Waals surface area contributed by atoms with Gasteiger partial charge in [0, 0.05) is 30.3 Å². The maximum atomic E-state index is 13.0. The molecular formula is C28H46N5O8PSi. The van der Waals surface area contributed by atoms with E-state index in [-0.39, 0.29) is 38.3 Å². The SMILES string of the molecule is C#CCNC(=O)OC[C@H]1O[C@@H](n2ccc(=O)[nH]c2=O)[C@@H](CC(C)(C)[Si](C)(C)O)C1OP(OCCC#N)N(C(C)C)C(C)C. The fourth-order valence-electron chi connectivity index (χ4n) is 4.76. The summed E-state index contributed by atoms with van der Waals surface area (Å²) in [5.74, 6) is 1.76. The lowest BCUT2D eigenvalue weighted by Gasteiger charge is -2.41. The normalized spacial score (nSPS) is 21.5. The number of aromatic nitrogens is 2. The number of terminal acetylenes is 1. The molecule has 1 aromatic rings. The van der Waals surface area contributed by atoms with E-state index in [4.69, 9.17) is 30.2 Å². The molecule has 0 bridgehead atoms. The monoisotopic (exact) mass is 639 g/mol. The molecule has 2 rings (SSSR count). The van der Waals surface area contributed by atoms with Gasteiger partial charge >= 0.3 is 11.8 Å². The standard InChI is InChI=1S/C28H46N5O8PSi/c1-10-14-30-27(36)38-18-22-24(41-42(39-16-11-13-29)33(19(2)3)20(4)5)21(17-28(6,7)43(8,9)37)25(40-22)32-15-12-23(34)31-26(32)35/h1,12,15,19-22,24-25,37H,11,14,16-18H2,2-9H3,(H,30,36)(H,31,34,35)/t21-,22+,24?,25+,42?/m0/s1. The number of H-pyrrole nitrogens is 1. The van der Waals surface area contributed by atoms with E-state index < -0.39 is 63.6 Å². The van der Waals surface area contributed by atoms with Gasteiger partial charge in [0.25, 0.3) is 14.1 Å². The third-order valence-electron chi connectivity index (χ3n) is 7.58. The summed E-state index contributed by atoms with van der Waals surface area (Å²) < 4.78 is 28.2. The van der Waals surface area contributed by atoms with Crippen LogP contribution in [0.15, 0.2) is 21.9 Å². The molecule has 0 aliphatic carbocycles. The maximum Gasteiger partial charge on any atom is 0.407 e. The van der Waals surface area contributed by atoms with Crippen molar-refractivity contribution < 1.29 is 28.1 Å². The van der Waals surface area contributed by atoms with Crippen molar-refractivity contribution in [2.75, 3.05) is 19.8 Å². The van der Waals surface area contributed by atoms with Crippen molar-refractivity contribution in [3.63, 3.8) is 0 Å². The topological polar surface area (TPSA) is 168 Å². The highest BCUT2D eigenvalue weighted by molar-refractivity contribution is 7.44. The molecule has 13 nitrogen and oxygen atoms in total. The first-order valence-corrected chi connectivity index (χ1v) is 18.4. The van der Waals surface area contributed by atoms with Crippen LogP contribution >= 0.6 is 8.53 Å². The molecule has 15 heteroatoms. The van der Waals surface area contributed by atoms with Crippen LogP contribution in [0.4, 0.5) is 4.79 Å². The number of amides is 1. The van der Waals surface area contributed by atoms with Crippen molar-refractivity contribution in [2.45, 2.75) is 103 Å². The quantitative estimate of drug-likeness (QED) is 0.112. The molecular weight excluding hydrogens is 593 g/mol. The minimum atomic E-state index is -2.77. The van der Waals surface area contributed by atoms with Crippen LogP contribution in [0, 0.1) is 29.6 Å². The Labute approximate surface area is 256 Å². The van der Waals surface area contributed by atoms with Gasteiger partial charge in [-0.15, -0.1) is 6.42 Å². The van der Waals surface area contributed by atoms with Crippen molar-refractivity contribution in [3.8, 4) is 18.4 Å². The zero-order valence-electron chi connectivity index (χ0n) is 26.3. The number of ether oxygens (including phenoxy) is 2. The molecule has 1 fully saturated rings. The highest BCUT2D eigenvalue weighted by Gasteiger charge is 2.53. The summed E-state index contributed by atoms with van der Waals surface area (Å²) in [6, 6.07) is 3.33. The van der Waals surface area contributed by atoms with Gasteiger partial charge in [-0.2, -0.15) is 5.26 Å². The first kappa shape index (κ1) is 36.6. The fourth-order valence-corrected chi connectivity index (χ4v) is 7.30. The number of alkyl carbamates (subject to hydrolysis) is 1. The van der Waals surface area contributed by atoms with Gasteiger partial charge in [0.2, 0.25) is 0 Å². The van der Waals surface area contributed by atoms with Gasteiger partial charge < -0.3 is 28.6 Å². The highest BCUT2D eigenvalue weighted by atomic mass is 31.2. The number of hydrogen-bond acceptors (Lipinski definition) is 10. The van der Waals surface area contributed by atoms with Crippen molar-refractivity contribution >= 4 is 22.9 Å². The van der Waals surface area contributed by atoms with E-state index in [1.807, 2.05) is 54.6 Å². The number of carbonyl (C=O) groups excluding carboxylic acids is 1. The van der Waals surface area contributed by atoms with Gasteiger partial charge in [0.1, 0.15) is 25.0 Å². The van der Waals surface area contributed by atoms with Crippen LogP contribution < -0.4 is 16.6 Å². The van der Waals surface area contributed by atoms with Crippen LogP contribution in [0.5, 0.6) is 0 Å². The van der Waals surface area contributed by atoms with E-state index in [1.165, 1.54) is 16.8 Å². The first-order chi connectivity index (χ1) is 20.0. The smallest absolute Gasteiger partial charge is 0.407 e. The number of aromatic amines is 1. The number of nitrogens with zero attached hydrogens (tertiary/aromatic N) is 3. The first-order valence-electron chi connectivity index (χ1n) is 14.3. The predicted molar refractivity (Wildman–Crippen MR) is 165 cm³/mol. The van der Waals surface area contributed by atoms with Gasteiger partial charge in [-0.25, -0.2) is 14.3 Å². The molecule has 1 amide bonds. The number of nitriles is 1. The summed E-state index contributed by atoms with van der Waals surface area (Å²) >= 11 is 0. The highest BCUT2D eigenvalue weighted by Crippen LogP contribution is 2.55. The molecule has 1 aliphatic heterocycles. The van der Waals surface area contributed by atoms with Crippen molar-refractivity contribution in [3.05, 3.63) is 33.1 Å². The summed E-state index contributed by atoms with van der Waals surface area (Å²) in [6.07, 6.45) is 3.79. The molecule has 1 saturated heterocycles. The molecule has 5 atom stereocenters. The molecule has 0 saturated carbocycles. The summed E-state index contributed by atoms with van der Waals surface area (Å²) in [5, 5.41) is 11.0. The van der Waals surface area contributed by atoms with Crippen molar-refractivity contribution in [1.82, 2.24) is 19.5 Å². The third kappa shape index (κ3) is 9.98. The van der Waals surface area contributed by atoms with Crippen molar-refractivity contribution in [1.29, 1.82) is 5.26 Å². The molecule has 2 unspecified atom stereocenters. The molecule has 0 spiro atoms. The van der Waals surface area contributed by atoms with E-state index in [0.717, 1.165) is 0 Å². The summed E-state index contributed by atoms with van der Waals surface area (Å²) in [4.78, 5) is 50.7. The lowest BCUT2D eigenvalue weighted by Crippen LogP contribution is -2.44. The van der Waals surface area contributed by atoms with Gasteiger partial charge in [-0.3, -0.25) is 14.3 Å². The van der Waals surface area contributed by atoms with Gasteiger partial charge in [-0.05, 0) is 52.2 Å². The van der Waals surface area contributed by atoms with E-state index in [9.17, 15) is 19.2 Å². The van der Waals surface area contributed by atoms with Gasteiger partial charge in [0.15, 0.2) is 8.32 Å². The number of carbonyl (C=O) groups is 1. The van der Waals surface area contributed by atoms with Crippen LogP contribution in [0.3, 0.4) is 0 Å². The Bertz CT molecular complexity index is 1260. The van der Waals surface area contributed by atoms with E-state index in [2.05, 4.69) is 27.0 Å². The predicted octanol–water partition coefficient (Wildman–Crippen LogP) is 3.44. The zero-order valence-corrected chi connectivity index (χ0v) is 28.2. The van der Waals surface area contributed by atoms with E-state index in [0.29, 0.717) is 6.42 Å². The summed E-state index contributed by atoms with van der Waals surface area (Å²) in [5.41, 5.74) is -1.23. The summed E-state index contributed by atoms with van der Waals surface area (Å²) in [7, 11) is -4.54. The Morgan fingerprint density at radius 3 is 2.51 bits per heavy atom. The molecule has 3 N–H and O–H groups in total. The molecule has 2 heterocycles. The molecule has 1 aromatic heterocycles. The molecule has 0 aromatic carbocycles. The van der Waals surface area contributed by atoms with Gasteiger partial charge in [0.05, 0.1) is 25.6 Å². The Morgan fingerprint density at radius 2 is 1.98 bits per heavy atom. The maximum absolute atomic E-state index is 13.0. The largest absolute Gasteiger partial charge is 0.447 e. The Balaban J connectivity index is 2.66. The lowest BCUT2D eigenvalue weighted by molar-refractivity contribution is -0.0498. The molecule has 43 heavy (non-hydrogen) atoms. The number of nitrogens with one attached hydrogen (secondary N) is 2. The Morgan fingerprint density at radius 1 is 1.33 bits per heavy atom. The molecule has 1 aliphatic rings. The lowest BCUT2D eigenvalue weighted by atomic mass is 9.89. The second-order valence-electron chi connectivity index (χ2n) is 12.2. The van der Waals surface area contributed by atoms with Crippen LogP contribution in [-0.2, 0) is 18.5 Å². The third-order valence-corrected chi connectivity index (χ3v) is 13.2. The Kier molecular flexibility index (Phi) is 13.6. The van der Waals surface area contributed by atoms with Crippen LogP contribution in [0.1, 0.15) is 60.6 Å².